The van der Waals surface area contributed by atoms with E-state index in [1.54, 1.807) is 72.1 Å². The first kappa shape index (κ1) is 46.1. The summed E-state index contributed by atoms with van der Waals surface area (Å²) in [7, 11) is 3.19. The third-order valence-electron chi connectivity index (χ3n) is 13.6. The number of carbonyl (C=O) groups is 4. The Hall–Kier alpha value is -7.04. The number of nitrogens with one attached hydrogen (secondary N) is 1. The summed E-state index contributed by atoms with van der Waals surface area (Å²) in [5, 5.41) is 17.1. The van der Waals surface area contributed by atoms with E-state index in [9.17, 15) is 24.4 Å². The first-order valence-electron chi connectivity index (χ1n) is 22.5. The molecular weight excluding hydrogens is 884 g/mol. The molecule has 3 atom stereocenters. The fourth-order valence-electron chi connectivity index (χ4n) is 9.88. The summed E-state index contributed by atoms with van der Waals surface area (Å²) >= 11 is 0. The van der Waals surface area contributed by atoms with Crippen molar-refractivity contribution in [3.8, 4) is 29.1 Å². The molecule has 6 heterocycles. The van der Waals surface area contributed by atoms with E-state index >= 15 is 13.2 Å². The number of hydrogen-bond donors (Lipinski definition) is 1. The van der Waals surface area contributed by atoms with Gasteiger partial charge in [-0.25, -0.2) is 18.2 Å². The van der Waals surface area contributed by atoms with Crippen molar-refractivity contribution in [2.24, 2.45) is 7.05 Å². The second-order valence-electron chi connectivity index (χ2n) is 17.8. The molecular formula is C49H50F3N9O7. The number of nitriles is 1. The highest BCUT2D eigenvalue weighted by atomic mass is 19.3. The number of anilines is 1. The second kappa shape index (κ2) is 18.2. The van der Waals surface area contributed by atoms with Crippen molar-refractivity contribution >= 4 is 40.3 Å². The number of benzene rings is 3. The van der Waals surface area contributed by atoms with E-state index in [0.29, 0.717) is 84.6 Å². The molecule has 2 aromatic heterocycles. The number of halogens is 3. The Bertz CT molecular complexity index is 2860. The van der Waals surface area contributed by atoms with Crippen LogP contribution in [0, 0.1) is 17.1 Å². The van der Waals surface area contributed by atoms with Crippen LogP contribution in [0.2, 0.25) is 0 Å². The quantitative estimate of drug-likeness (QED) is 0.131. The molecule has 0 saturated carbocycles. The molecule has 16 nitrogen and oxygen atoms in total. The van der Waals surface area contributed by atoms with E-state index in [4.69, 9.17) is 14.2 Å². The minimum Gasteiger partial charge on any atom is -0.493 e. The number of methoxy groups -OCH3 is 1. The minimum absolute atomic E-state index is 0.0536. The average Bonchev–Trinajstić information content (AvgIpc) is 3.77. The summed E-state index contributed by atoms with van der Waals surface area (Å²) in [6.07, 6.45) is 1.87. The number of carbonyl (C=O) groups excluding carboxylic acids is 4. The molecule has 3 fully saturated rings. The maximum Gasteiger partial charge on any atom is 0.275 e. The summed E-state index contributed by atoms with van der Waals surface area (Å²) in [4.78, 5) is 63.3. The topological polar surface area (TPSA) is 175 Å². The molecule has 3 saturated heterocycles. The number of piperazine rings is 1. The standard InChI is InChI=1S/C49H50F3N9O7/c1-5-67-40-22-30(8-11-38(40)66-4)36(13-16-53)61-45(63)32-24-42(54-26-34(32)46(61)64)60-20-18-59(19-21-60)41-14-17-58(28-49(41,51)52)27-29-6-9-31(10-7-29)68-39-25-37-33(23-35(39)50)44(56-57(37)3)48(2)15-12-43(62)55-47(48)65/h6-11,22-26,36,41H,5,12-15,17-21,27-28H2,1-4H3,(H,55,62,65)/t36-,41-,48-/m1/s1. The predicted octanol–water partition coefficient (Wildman–Crippen LogP) is 6.28. The Kier molecular flexibility index (Phi) is 12.3. The molecule has 3 aromatic carbocycles. The van der Waals surface area contributed by atoms with Gasteiger partial charge in [0.2, 0.25) is 11.8 Å². The number of alkyl halides is 2. The first-order chi connectivity index (χ1) is 32.6. The van der Waals surface area contributed by atoms with Crippen molar-refractivity contribution < 1.29 is 46.6 Å². The zero-order valence-corrected chi connectivity index (χ0v) is 38.1. The van der Waals surface area contributed by atoms with Crippen LogP contribution in [0.25, 0.3) is 10.9 Å². The van der Waals surface area contributed by atoms with Gasteiger partial charge in [0.15, 0.2) is 23.1 Å². The molecule has 0 unspecified atom stereocenters. The van der Waals surface area contributed by atoms with Crippen LogP contribution in [-0.4, -0.2) is 118 Å². The smallest absolute Gasteiger partial charge is 0.275 e. The van der Waals surface area contributed by atoms with Gasteiger partial charge in [-0.15, -0.1) is 0 Å². The largest absolute Gasteiger partial charge is 0.493 e. The van der Waals surface area contributed by atoms with Gasteiger partial charge in [0.1, 0.15) is 11.6 Å². The maximum atomic E-state index is 16.0. The number of piperidine rings is 2. The van der Waals surface area contributed by atoms with Crippen LogP contribution in [0.1, 0.15) is 83.1 Å². The number of nitrogens with zero attached hydrogens (tertiary/aromatic N) is 8. The van der Waals surface area contributed by atoms with Crippen LogP contribution in [0.4, 0.5) is 19.0 Å². The second-order valence-corrected chi connectivity index (χ2v) is 17.8. The Labute approximate surface area is 390 Å². The zero-order chi connectivity index (χ0) is 48.1. The maximum absolute atomic E-state index is 16.0. The molecule has 0 radical (unpaired) electrons. The molecule has 4 aliphatic rings. The highest BCUT2D eigenvalue weighted by molar-refractivity contribution is 6.21. The molecule has 19 heteroatoms. The van der Waals surface area contributed by atoms with Gasteiger partial charge < -0.3 is 19.1 Å². The number of rotatable bonds is 13. The van der Waals surface area contributed by atoms with Gasteiger partial charge in [-0.2, -0.15) is 10.4 Å². The zero-order valence-electron chi connectivity index (χ0n) is 38.1. The molecule has 5 aromatic rings. The van der Waals surface area contributed by atoms with Gasteiger partial charge in [-0.05, 0) is 74.2 Å². The SMILES string of the molecule is CCOc1cc([C@@H](CC#N)N2C(=O)c3cnc(N4CCN([C@@H]5CCN(Cc6ccc(Oc7cc8c(cc7F)c([C@@]7(C)CCC(=O)NC7=O)nn8C)cc6)CC5(F)F)CC4)cc3C2=O)ccc1OC. The van der Waals surface area contributed by atoms with Crippen LogP contribution in [0.3, 0.4) is 0 Å². The lowest BCUT2D eigenvalue weighted by atomic mass is 9.77. The van der Waals surface area contributed by atoms with Crippen molar-refractivity contribution in [1.82, 2.24) is 34.8 Å². The summed E-state index contributed by atoms with van der Waals surface area (Å²) in [5.74, 6) is -3.97. The van der Waals surface area contributed by atoms with E-state index in [1.807, 2.05) is 16.7 Å². The first-order valence-corrected chi connectivity index (χ1v) is 22.5. The van der Waals surface area contributed by atoms with Gasteiger partial charge in [-0.3, -0.25) is 43.9 Å². The Morgan fingerprint density at radius 1 is 0.941 bits per heavy atom. The number of aromatic nitrogens is 3. The summed E-state index contributed by atoms with van der Waals surface area (Å²) < 4.78 is 66.0. The van der Waals surface area contributed by atoms with Gasteiger partial charge in [-0.1, -0.05) is 18.2 Å². The minimum atomic E-state index is -3.00. The lowest BCUT2D eigenvalue weighted by Crippen LogP contribution is -2.61. The number of ether oxygens (including phenoxy) is 3. The van der Waals surface area contributed by atoms with Crippen molar-refractivity contribution in [2.75, 3.05) is 57.9 Å². The normalized spacial score (nSPS) is 21.4. The molecule has 4 amide bonds. The van der Waals surface area contributed by atoms with Gasteiger partial charge in [0.05, 0.1) is 72.6 Å². The summed E-state index contributed by atoms with van der Waals surface area (Å²) in [6.45, 7) is 5.61. The molecule has 68 heavy (non-hydrogen) atoms. The van der Waals surface area contributed by atoms with Crippen molar-refractivity contribution in [3.63, 3.8) is 0 Å². The predicted molar refractivity (Wildman–Crippen MR) is 241 cm³/mol. The molecule has 4 aliphatic heterocycles. The molecule has 9 rings (SSSR count). The fourth-order valence-corrected chi connectivity index (χ4v) is 9.88. The van der Waals surface area contributed by atoms with E-state index in [2.05, 4.69) is 21.5 Å². The Balaban J connectivity index is 0.797. The molecule has 0 bridgehead atoms. The monoisotopic (exact) mass is 933 g/mol. The lowest BCUT2D eigenvalue weighted by Gasteiger charge is -2.46. The molecule has 0 spiro atoms. The summed E-state index contributed by atoms with van der Waals surface area (Å²) in [5.41, 5.74) is 1.41. The number of fused-ring (bicyclic) bond motifs is 2. The average molecular weight is 934 g/mol. The van der Waals surface area contributed by atoms with Crippen LogP contribution in [0.5, 0.6) is 23.0 Å². The third-order valence-corrected chi connectivity index (χ3v) is 13.6. The van der Waals surface area contributed by atoms with Crippen molar-refractivity contribution in [3.05, 3.63) is 101 Å². The molecule has 0 aliphatic carbocycles. The van der Waals surface area contributed by atoms with E-state index in [0.717, 1.165) is 10.5 Å². The summed E-state index contributed by atoms with van der Waals surface area (Å²) in [6, 6.07) is 16.5. The number of aryl methyl sites for hydroxylation is 1. The number of likely N-dealkylation sites (tertiary alicyclic amines) is 1. The van der Waals surface area contributed by atoms with Gasteiger partial charge in [0.25, 0.3) is 17.7 Å². The molecule has 1 N–H and O–H groups in total. The van der Waals surface area contributed by atoms with Gasteiger partial charge >= 0.3 is 0 Å². The lowest BCUT2D eigenvalue weighted by molar-refractivity contribution is -0.137. The number of amides is 4. The Morgan fingerprint density at radius 2 is 1.69 bits per heavy atom. The van der Waals surface area contributed by atoms with Crippen LogP contribution < -0.4 is 24.4 Å². The van der Waals surface area contributed by atoms with Crippen LogP contribution >= 0.6 is 0 Å². The van der Waals surface area contributed by atoms with E-state index in [-0.39, 0.29) is 55.0 Å². The van der Waals surface area contributed by atoms with E-state index in [1.165, 1.54) is 25.4 Å². The fraction of sp³-hybridized carbons (Fsp3) is 0.408. The third kappa shape index (κ3) is 8.47. The van der Waals surface area contributed by atoms with Gasteiger partial charge in [0, 0.05) is 70.4 Å². The van der Waals surface area contributed by atoms with Crippen LogP contribution in [0.15, 0.2) is 66.9 Å². The number of imide groups is 2. The van der Waals surface area contributed by atoms with Crippen molar-refractivity contribution in [1.29, 1.82) is 5.26 Å². The number of hydrogen-bond acceptors (Lipinski definition) is 13. The highest BCUT2D eigenvalue weighted by Crippen LogP contribution is 2.41. The highest BCUT2D eigenvalue weighted by Gasteiger charge is 2.48. The van der Waals surface area contributed by atoms with Crippen LogP contribution in [-0.2, 0) is 28.6 Å². The number of pyridine rings is 1. The Morgan fingerprint density at radius 3 is 2.38 bits per heavy atom. The van der Waals surface area contributed by atoms with Crippen molar-refractivity contribution in [2.45, 2.75) is 69.5 Å². The molecule has 354 valence electrons. The van der Waals surface area contributed by atoms with E-state index < -0.39 is 53.5 Å².